The molecule has 1 atom stereocenters. The fraction of sp³-hybridized carbons (Fsp3) is 0.278. The first kappa shape index (κ1) is 14.9. The average molecular weight is 316 g/mol. The number of amides is 1. The van der Waals surface area contributed by atoms with Crippen LogP contribution in [-0.2, 0) is 0 Å². The van der Waals surface area contributed by atoms with Gasteiger partial charge in [0, 0.05) is 5.02 Å². The summed E-state index contributed by atoms with van der Waals surface area (Å²) in [6.07, 6.45) is 2.28. The molecule has 1 fully saturated rings. The molecule has 0 spiro atoms. The standard InChI is InChI=1S/C18H18ClNO2/c1-22-16-5-3-2-4-15(16)18(21)20-17(12-6-7-12)13-8-10-14(19)11-9-13/h2-5,8-12,17H,6-7H2,1H3,(H,20,21)/t17-/m1/s1. The van der Waals surface area contributed by atoms with Crippen LogP contribution in [-0.4, -0.2) is 13.0 Å². The SMILES string of the molecule is COc1ccccc1C(=O)N[C@@H](c1ccc(Cl)cc1)C1CC1. The zero-order chi connectivity index (χ0) is 15.5. The molecule has 114 valence electrons. The van der Waals surface area contributed by atoms with Crippen LogP contribution in [0.3, 0.4) is 0 Å². The Balaban J connectivity index is 1.82. The number of carbonyl (C=O) groups excluding carboxylic acids is 1. The van der Waals surface area contributed by atoms with E-state index in [1.165, 1.54) is 0 Å². The number of rotatable bonds is 5. The second-order valence-electron chi connectivity index (χ2n) is 5.54. The lowest BCUT2D eigenvalue weighted by Gasteiger charge is -2.19. The molecular weight excluding hydrogens is 298 g/mol. The van der Waals surface area contributed by atoms with E-state index < -0.39 is 0 Å². The van der Waals surface area contributed by atoms with Crippen LogP contribution in [0, 0.1) is 5.92 Å². The molecule has 2 aromatic rings. The van der Waals surface area contributed by atoms with Crippen LogP contribution in [0.4, 0.5) is 0 Å². The lowest BCUT2D eigenvalue weighted by Crippen LogP contribution is -2.30. The summed E-state index contributed by atoms with van der Waals surface area (Å²) in [6, 6.07) is 15.0. The number of para-hydroxylation sites is 1. The molecule has 1 N–H and O–H groups in total. The number of benzene rings is 2. The third kappa shape index (κ3) is 3.25. The Hall–Kier alpha value is -2.00. The highest BCUT2D eigenvalue weighted by atomic mass is 35.5. The highest BCUT2D eigenvalue weighted by molar-refractivity contribution is 6.30. The van der Waals surface area contributed by atoms with Gasteiger partial charge >= 0.3 is 0 Å². The molecule has 1 amide bonds. The van der Waals surface area contributed by atoms with E-state index in [2.05, 4.69) is 5.32 Å². The zero-order valence-corrected chi connectivity index (χ0v) is 13.1. The third-order valence-electron chi connectivity index (χ3n) is 3.96. The zero-order valence-electron chi connectivity index (χ0n) is 12.4. The molecule has 0 heterocycles. The minimum Gasteiger partial charge on any atom is -0.496 e. The lowest BCUT2D eigenvalue weighted by molar-refractivity contribution is 0.0928. The van der Waals surface area contributed by atoms with E-state index in [-0.39, 0.29) is 11.9 Å². The Labute approximate surface area is 135 Å². The summed E-state index contributed by atoms with van der Waals surface area (Å²) < 4.78 is 5.27. The predicted octanol–water partition coefficient (Wildman–Crippen LogP) is 4.23. The predicted molar refractivity (Wildman–Crippen MR) is 87.4 cm³/mol. The van der Waals surface area contributed by atoms with Gasteiger partial charge in [-0.15, -0.1) is 0 Å². The highest BCUT2D eigenvalue weighted by Crippen LogP contribution is 2.41. The highest BCUT2D eigenvalue weighted by Gasteiger charge is 2.33. The van der Waals surface area contributed by atoms with Crippen LogP contribution in [0.15, 0.2) is 48.5 Å². The normalized spacial score (nSPS) is 15.2. The Morgan fingerprint density at radius 3 is 2.50 bits per heavy atom. The van der Waals surface area contributed by atoms with Crippen molar-refractivity contribution in [2.45, 2.75) is 18.9 Å². The van der Waals surface area contributed by atoms with Crippen molar-refractivity contribution < 1.29 is 9.53 Å². The first-order chi connectivity index (χ1) is 10.7. The summed E-state index contributed by atoms with van der Waals surface area (Å²) in [6.45, 7) is 0. The number of hydrogen-bond donors (Lipinski definition) is 1. The average Bonchev–Trinajstić information content (AvgIpc) is 3.38. The van der Waals surface area contributed by atoms with Gasteiger partial charge in [-0.25, -0.2) is 0 Å². The largest absolute Gasteiger partial charge is 0.496 e. The third-order valence-corrected chi connectivity index (χ3v) is 4.21. The van der Waals surface area contributed by atoms with Gasteiger partial charge in [-0.1, -0.05) is 35.9 Å². The van der Waals surface area contributed by atoms with Gasteiger partial charge in [0.2, 0.25) is 0 Å². The molecule has 0 aliphatic heterocycles. The molecule has 0 aromatic heterocycles. The monoisotopic (exact) mass is 315 g/mol. The summed E-state index contributed by atoms with van der Waals surface area (Å²) in [5.41, 5.74) is 1.65. The summed E-state index contributed by atoms with van der Waals surface area (Å²) in [4.78, 5) is 12.6. The molecule has 0 radical (unpaired) electrons. The van der Waals surface area contributed by atoms with Crippen molar-refractivity contribution in [3.63, 3.8) is 0 Å². The molecule has 1 aliphatic carbocycles. The Bertz CT molecular complexity index is 665. The minimum absolute atomic E-state index is 0.0229. The molecule has 0 bridgehead atoms. The maximum atomic E-state index is 12.6. The van der Waals surface area contributed by atoms with Gasteiger partial charge in [-0.3, -0.25) is 4.79 Å². The topological polar surface area (TPSA) is 38.3 Å². The van der Waals surface area contributed by atoms with Crippen LogP contribution in [0.25, 0.3) is 0 Å². The van der Waals surface area contributed by atoms with Crippen LogP contribution >= 0.6 is 11.6 Å². The smallest absolute Gasteiger partial charge is 0.255 e. The Kier molecular flexibility index (Phi) is 4.34. The molecule has 4 heteroatoms. The number of nitrogens with one attached hydrogen (secondary N) is 1. The molecule has 22 heavy (non-hydrogen) atoms. The van der Waals surface area contributed by atoms with Crippen LogP contribution in [0.5, 0.6) is 5.75 Å². The van der Waals surface area contributed by atoms with Crippen molar-refractivity contribution in [2.24, 2.45) is 5.92 Å². The van der Waals surface area contributed by atoms with E-state index in [1.807, 2.05) is 36.4 Å². The fourth-order valence-electron chi connectivity index (χ4n) is 2.62. The Morgan fingerprint density at radius 2 is 1.86 bits per heavy atom. The van der Waals surface area contributed by atoms with Crippen molar-refractivity contribution in [3.8, 4) is 5.75 Å². The van der Waals surface area contributed by atoms with Gasteiger partial charge in [0.25, 0.3) is 5.91 Å². The first-order valence-corrected chi connectivity index (χ1v) is 7.76. The summed E-state index contributed by atoms with van der Waals surface area (Å²) in [5.74, 6) is 0.981. The molecule has 0 unspecified atom stereocenters. The van der Waals surface area contributed by atoms with Crippen LogP contribution in [0.2, 0.25) is 5.02 Å². The van der Waals surface area contributed by atoms with Gasteiger partial charge in [-0.05, 0) is 48.6 Å². The molecule has 3 rings (SSSR count). The van der Waals surface area contributed by atoms with Crippen LogP contribution < -0.4 is 10.1 Å². The molecular formula is C18H18ClNO2. The number of methoxy groups -OCH3 is 1. The van der Waals surface area contributed by atoms with Crippen molar-refractivity contribution in [1.29, 1.82) is 0 Å². The van der Waals surface area contributed by atoms with Crippen molar-refractivity contribution in [3.05, 3.63) is 64.7 Å². The van der Waals surface area contributed by atoms with Gasteiger partial charge < -0.3 is 10.1 Å². The second kappa shape index (κ2) is 6.41. The van der Waals surface area contributed by atoms with Gasteiger partial charge in [-0.2, -0.15) is 0 Å². The maximum absolute atomic E-state index is 12.6. The first-order valence-electron chi connectivity index (χ1n) is 7.38. The van der Waals surface area contributed by atoms with Crippen LogP contribution in [0.1, 0.15) is 34.8 Å². The van der Waals surface area contributed by atoms with Gasteiger partial charge in [0.1, 0.15) is 5.75 Å². The van der Waals surface area contributed by atoms with E-state index in [0.29, 0.717) is 22.3 Å². The van der Waals surface area contributed by atoms with Gasteiger partial charge in [0.15, 0.2) is 0 Å². The molecule has 1 saturated carbocycles. The lowest BCUT2D eigenvalue weighted by atomic mass is 10.0. The maximum Gasteiger partial charge on any atom is 0.255 e. The summed E-state index contributed by atoms with van der Waals surface area (Å²) in [5, 5.41) is 3.85. The fourth-order valence-corrected chi connectivity index (χ4v) is 2.75. The summed E-state index contributed by atoms with van der Waals surface area (Å²) >= 11 is 5.95. The molecule has 2 aromatic carbocycles. The van der Waals surface area contributed by atoms with E-state index in [0.717, 1.165) is 18.4 Å². The second-order valence-corrected chi connectivity index (χ2v) is 5.98. The number of ether oxygens (including phenoxy) is 1. The number of carbonyl (C=O) groups is 1. The minimum atomic E-state index is -0.107. The van der Waals surface area contributed by atoms with E-state index >= 15 is 0 Å². The number of hydrogen-bond acceptors (Lipinski definition) is 2. The van der Waals surface area contributed by atoms with E-state index in [4.69, 9.17) is 16.3 Å². The molecule has 0 saturated heterocycles. The van der Waals surface area contributed by atoms with Gasteiger partial charge in [0.05, 0.1) is 18.7 Å². The number of halogens is 1. The summed E-state index contributed by atoms with van der Waals surface area (Å²) in [7, 11) is 1.57. The molecule has 1 aliphatic rings. The van der Waals surface area contributed by atoms with E-state index in [9.17, 15) is 4.79 Å². The Morgan fingerprint density at radius 1 is 1.18 bits per heavy atom. The van der Waals surface area contributed by atoms with E-state index in [1.54, 1.807) is 19.2 Å². The van der Waals surface area contributed by atoms with Crippen molar-refractivity contribution >= 4 is 17.5 Å². The van der Waals surface area contributed by atoms with Crippen molar-refractivity contribution in [1.82, 2.24) is 5.32 Å². The quantitative estimate of drug-likeness (QED) is 0.896. The molecule has 3 nitrogen and oxygen atoms in total. The van der Waals surface area contributed by atoms with Crippen molar-refractivity contribution in [2.75, 3.05) is 7.11 Å².